The Morgan fingerprint density at radius 1 is 1.08 bits per heavy atom. The zero-order valence-electron chi connectivity index (χ0n) is 22.1. The SMILES string of the molecule is CCOC(=O)c1c(COc2cccc3ccccc23)n(C)c2cc(-c3cccnc3)c(O)c(CN(C)C)c12. The molecular formula is C31H31N3O4. The minimum atomic E-state index is -0.442. The van der Waals surface area contributed by atoms with Gasteiger partial charge in [-0.2, -0.15) is 0 Å². The highest BCUT2D eigenvalue weighted by molar-refractivity contribution is 6.09. The molecule has 3 aromatic carbocycles. The van der Waals surface area contributed by atoms with Gasteiger partial charge in [-0.05, 0) is 44.6 Å². The molecule has 2 aromatic heterocycles. The van der Waals surface area contributed by atoms with Gasteiger partial charge in [-0.25, -0.2) is 4.79 Å². The maximum absolute atomic E-state index is 13.4. The first-order chi connectivity index (χ1) is 18.4. The third-order valence-electron chi connectivity index (χ3n) is 6.73. The van der Waals surface area contributed by atoms with Crippen molar-refractivity contribution in [2.75, 3.05) is 20.7 Å². The van der Waals surface area contributed by atoms with Crippen molar-refractivity contribution < 1.29 is 19.4 Å². The van der Waals surface area contributed by atoms with Gasteiger partial charge in [0, 0.05) is 53.4 Å². The number of carbonyl (C=O) groups excluding carboxylic acids is 1. The van der Waals surface area contributed by atoms with Crippen LogP contribution in [0.15, 0.2) is 73.1 Å². The van der Waals surface area contributed by atoms with Crippen molar-refractivity contribution in [1.82, 2.24) is 14.5 Å². The van der Waals surface area contributed by atoms with Crippen LogP contribution in [0.1, 0.15) is 28.5 Å². The quantitative estimate of drug-likeness (QED) is 0.262. The minimum absolute atomic E-state index is 0.122. The summed E-state index contributed by atoms with van der Waals surface area (Å²) in [6.07, 6.45) is 3.42. The average molecular weight is 510 g/mol. The van der Waals surface area contributed by atoms with Crippen LogP contribution in [-0.4, -0.2) is 46.2 Å². The van der Waals surface area contributed by atoms with Gasteiger partial charge in [-0.1, -0.05) is 42.5 Å². The fourth-order valence-electron chi connectivity index (χ4n) is 4.99. The van der Waals surface area contributed by atoms with Gasteiger partial charge in [-0.3, -0.25) is 4.98 Å². The number of hydrogen-bond donors (Lipinski definition) is 1. The molecule has 0 aliphatic heterocycles. The predicted molar refractivity (Wildman–Crippen MR) is 149 cm³/mol. The third kappa shape index (κ3) is 4.57. The number of pyridine rings is 1. The van der Waals surface area contributed by atoms with Crippen molar-refractivity contribution in [2.24, 2.45) is 7.05 Å². The number of carbonyl (C=O) groups is 1. The summed E-state index contributed by atoms with van der Waals surface area (Å²) in [7, 11) is 5.77. The van der Waals surface area contributed by atoms with Crippen LogP contribution in [-0.2, 0) is 24.9 Å². The first kappa shape index (κ1) is 25.3. The van der Waals surface area contributed by atoms with Crippen molar-refractivity contribution in [2.45, 2.75) is 20.1 Å². The van der Waals surface area contributed by atoms with Crippen molar-refractivity contribution in [3.05, 3.63) is 89.9 Å². The molecule has 0 amide bonds. The number of aryl methyl sites for hydroxylation is 1. The number of hydrogen-bond acceptors (Lipinski definition) is 6. The molecule has 0 aliphatic carbocycles. The van der Waals surface area contributed by atoms with Gasteiger partial charge in [-0.15, -0.1) is 0 Å². The predicted octanol–water partition coefficient (Wildman–Crippen LogP) is 5.92. The van der Waals surface area contributed by atoms with Crippen molar-refractivity contribution >= 4 is 27.6 Å². The van der Waals surface area contributed by atoms with Gasteiger partial charge in [0.1, 0.15) is 18.1 Å². The van der Waals surface area contributed by atoms with Gasteiger partial charge in [0.15, 0.2) is 0 Å². The maximum atomic E-state index is 13.4. The third-order valence-corrected chi connectivity index (χ3v) is 6.73. The second kappa shape index (κ2) is 10.6. The standard InChI is InChI=1S/C31H31N3O4/c1-5-37-31(36)29-26(19-38-27-14-8-11-20-10-6-7-13-22(20)27)34(4)25-16-23(21-12-9-15-32-17-21)30(35)24(28(25)29)18-33(2)3/h6-17,35H,5,18-19H2,1-4H3. The van der Waals surface area contributed by atoms with Crippen LogP contribution in [0.4, 0.5) is 0 Å². The topological polar surface area (TPSA) is 76.8 Å². The smallest absolute Gasteiger partial charge is 0.340 e. The summed E-state index contributed by atoms with van der Waals surface area (Å²) < 4.78 is 13.8. The molecule has 5 aromatic rings. The number of phenols is 1. The molecule has 7 heteroatoms. The highest BCUT2D eigenvalue weighted by atomic mass is 16.5. The van der Waals surface area contributed by atoms with Crippen LogP contribution >= 0.6 is 0 Å². The molecule has 7 nitrogen and oxygen atoms in total. The van der Waals surface area contributed by atoms with E-state index in [0.717, 1.165) is 27.6 Å². The summed E-state index contributed by atoms with van der Waals surface area (Å²) in [5.41, 5.74) is 3.99. The van der Waals surface area contributed by atoms with E-state index < -0.39 is 5.97 Å². The van der Waals surface area contributed by atoms with E-state index in [9.17, 15) is 9.90 Å². The van der Waals surface area contributed by atoms with Gasteiger partial charge < -0.3 is 24.0 Å². The Kier molecular flexibility index (Phi) is 7.03. The van der Waals surface area contributed by atoms with Gasteiger partial charge >= 0.3 is 5.97 Å². The van der Waals surface area contributed by atoms with E-state index in [2.05, 4.69) is 4.98 Å². The van der Waals surface area contributed by atoms with Crippen LogP contribution in [0.3, 0.4) is 0 Å². The normalized spacial score (nSPS) is 11.4. The Bertz CT molecular complexity index is 1620. The Morgan fingerprint density at radius 2 is 1.87 bits per heavy atom. The number of aromatic hydroxyl groups is 1. The first-order valence-electron chi connectivity index (χ1n) is 12.6. The molecule has 0 spiro atoms. The lowest BCUT2D eigenvalue weighted by molar-refractivity contribution is 0.0525. The second-order valence-corrected chi connectivity index (χ2v) is 9.49. The van der Waals surface area contributed by atoms with Crippen LogP contribution in [0.2, 0.25) is 0 Å². The summed E-state index contributed by atoms with van der Waals surface area (Å²) >= 11 is 0. The van der Waals surface area contributed by atoms with Crippen molar-refractivity contribution in [1.29, 1.82) is 0 Å². The maximum Gasteiger partial charge on any atom is 0.340 e. The number of rotatable bonds is 8. The Hall–Kier alpha value is -4.36. The summed E-state index contributed by atoms with van der Waals surface area (Å²) in [6.45, 7) is 2.60. The number of ether oxygens (including phenoxy) is 2. The molecule has 0 saturated heterocycles. The molecule has 38 heavy (non-hydrogen) atoms. The molecular weight excluding hydrogens is 478 g/mol. The molecule has 194 valence electrons. The zero-order valence-corrected chi connectivity index (χ0v) is 22.1. The van der Waals surface area contributed by atoms with Gasteiger partial charge in [0.2, 0.25) is 0 Å². The van der Waals surface area contributed by atoms with Gasteiger partial charge in [0.05, 0.1) is 23.4 Å². The lowest BCUT2D eigenvalue weighted by atomic mass is 9.96. The van der Waals surface area contributed by atoms with Gasteiger partial charge in [0.25, 0.3) is 0 Å². The Balaban J connectivity index is 1.72. The Morgan fingerprint density at radius 3 is 2.61 bits per heavy atom. The van der Waals surface area contributed by atoms with E-state index in [0.29, 0.717) is 34.3 Å². The highest BCUT2D eigenvalue weighted by Gasteiger charge is 2.28. The van der Waals surface area contributed by atoms with Crippen molar-refractivity contribution in [3.63, 3.8) is 0 Å². The van der Waals surface area contributed by atoms with E-state index in [-0.39, 0.29) is 19.0 Å². The van der Waals surface area contributed by atoms with Crippen LogP contribution in [0, 0.1) is 0 Å². The lowest BCUT2D eigenvalue weighted by Gasteiger charge is -2.17. The number of benzene rings is 3. The summed E-state index contributed by atoms with van der Waals surface area (Å²) in [6, 6.07) is 19.6. The fourth-order valence-corrected chi connectivity index (χ4v) is 4.99. The average Bonchev–Trinajstić information content (AvgIpc) is 3.20. The lowest BCUT2D eigenvalue weighted by Crippen LogP contribution is -2.14. The number of esters is 1. The van der Waals surface area contributed by atoms with Crippen LogP contribution in [0.5, 0.6) is 11.5 Å². The molecule has 0 atom stereocenters. The number of phenolic OH excluding ortho intramolecular Hbond substituents is 1. The summed E-state index contributed by atoms with van der Waals surface area (Å²) in [5.74, 6) is 0.413. The molecule has 0 bridgehead atoms. The zero-order chi connectivity index (χ0) is 26.8. The molecule has 0 radical (unpaired) electrons. The van der Waals surface area contributed by atoms with E-state index in [4.69, 9.17) is 9.47 Å². The van der Waals surface area contributed by atoms with E-state index in [1.54, 1.807) is 19.3 Å². The molecule has 2 heterocycles. The Labute approximate surface area is 221 Å². The van der Waals surface area contributed by atoms with E-state index in [1.165, 1.54) is 0 Å². The summed E-state index contributed by atoms with van der Waals surface area (Å²) in [5, 5.41) is 14.2. The van der Waals surface area contributed by atoms with Crippen LogP contribution in [0.25, 0.3) is 32.8 Å². The monoisotopic (exact) mass is 509 g/mol. The molecule has 0 saturated carbocycles. The molecule has 1 N–H and O–H groups in total. The number of nitrogens with zero attached hydrogens (tertiary/aromatic N) is 3. The largest absolute Gasteiger partial charge is 0.507 e. The van der Waals surface area contributed by atoms with Crippen LogP contribution < -0.4 is 4.74 Å². The molecule has 0 unspecified atom stereocenters. The number of aromatic nitrogens is 2. The highest BCUT2D eigenvalue weighted by Crippen LogP contribution is 2.42. The first-order valence-corrected chi connectivity index (χ1v) is 12.6. The molecule has 5 rings (SSSR count). The second-order valence-electron chi connectivity index (χ2n) is 9.49. The van der Waals surface area contributed by atoms with E-state index in [1.807, 2.05) is 91.3 Å². The minimum Gasteiger partial charge on any atom is -0.507 e. The molecule has 0 fully saturated rings. The van der Waals surface area contributed by atoms with Crippen molar-refractivity contribution in [3.8, 4) is 22.6 Å². The molecule has 0 aliphatic rings. The van der Waals surface area contributed by atoms with E-state index >= 15 is 0 Å². The number of fused-ring (bicyclic) bond motifs is 2. The summed E-state index contributed by atoms with van der Waals surface area (Å²) in [4.78, 5) is 19.6. The fraction of sp³-hybridized carbons (Fsp3) is 0.226.